The molecule has 1 aromatic carbocycles. The molecule has 0 aliphatic rings. The fourth-order valence-electron chi connectivity index (χ4n) is 2.18. The summed E-state index contributed by atoms with van der Waals surface area (Å²) >= 11 is 0. The number of rotatable bonds is 8. The molecule has 0 radical (unpaired) electrons. The van der Waals surface area contributed by atoms with Gasteiger partial charge in [0.25, 0.3) is 5.91 Å². The molecule has 0 spiro atoms. The van der Waals surface area contributed by atoms with Crippen LogP contribution >= 0.6 is 0 Å². The van der Waals surface area contributed by atoms with Gasteiger partial charge in [-0.1, -0.05) is 25.5 Å². The van der Waals surface area contributed by atoms with E-state index >= 15 is 0 Å². The lowest BCUT2D eigenvalue weighted by atomic mass is 10.2. The van der Waals surface area contributed by atoms with Crippen molar-refractivity contribution in [2.75, 3.05) is 19.0 Å². The third-order valence-corrected chi connectivity index (χ3v) is 3.52. The van der Waals surface area contributed by atoms with Crippen LogP contribution in [0.25, 0.3) is 0 Å². The molecule has 6 heteroatoms. The van der Waals surface area contributed by atoms with Gasteiger partial charge in [0.2, 0.25) is 0 Å². The van der Waals surface area contributed by atoms with E-state index in [4.69, 9.17) is 4.74 Å². The van der Waals surface area contributed by atoms with Gasteiger partial charge in [0.15, 0.2) is 0 Å². The van der Waals surface area contributed by atoms with E-state index in [9.17, 15) is 4.79 Å². The number of nitrogens with zero attached hydrogens (tertiary/aromatic N) is 2. The Morgan fingerprint density at radius 2 is 1.96 bits per heavy atom. The smallest absolute Gasteiger partial charge is 0.270 e. The second kappa shape index (κ2) is 8.86. The largest absolute Gasteiger partial charge is 0.497 e. The zero-order valence-corrected chi connectivity index (χ0v) is 14.4. The standard InChI is InChI=1S/C18H24N4O2/c1-4-5-10-19-17-11-16(21-13(2)22-17)18(23)20-12-14-6-8-15(24-3)9-7-14/h6-9,11H,4-5,10,12H2,1-3H3,(H,20,23)(H,19,21,22). The van der Waals surface area contributed by atoms with Crippen molar-refractivity contribution in [2.45, 2.75) is 33.2 Å². The summed E-state index contributed by atoms with van der Waals surface area (Å²) in [6.07, 6.45) is 2.16. The number of amides is 1. The van der Waals surface area contributed by atoms with Crippen molar-refractivity contribution < 1.29 is 9.53 Å². The summed E-state index contributed by atoms with van der Waals surface area (Å²) in [5.74, 6) is 1.84. The molecule has 1 aromatic heterocycles. The number of nitrogens with one attached hydrogen (secondary N) is 2. The number of carbonyl (C=O) groups excluding carboxylic acids is 1. The first kappa shape index (κ1) is 17.7. The van der Waals surface area contributed by atoms with Gasteiger partial charge in [0.05, 0.1) is 7.11 Å². The molecule has 0 saturated carbocycles. The van der Waals surface area contributed by atoms with Crippen LogP contribution < -0.4 is 15.4 Å². The maximum absolute atomic E-state index is 12.3. The van der Waals surface area contributed by atoms with Gasteiger partial charge in [-0.25, -0.2) is 9.97 Å². The van der Waals surface area contributed by atoms with Crippen LogP contribution in [0.2, 0.25) is 0 Å². The van der Waals surface area contributed by atoms with Crippen LogP contribution in [0.15, 0.2) is 30.3 Å². The summed E-state index contributed by atoms with van der Waals surface area (Å²) in [5, 5.41) is 6.10. The molecule has 128 valence electrons. The molecule has 24 heavy (non-hydrogen) atoms. The predicted octanol–water partition coefficient (Wildman–Crippen LogP) is 2.94. The van der Waals surface area contributed by atoms with Gasteiger partial charge >= 0.3 is 0 Å². The molecule has 2 N–H and O–H groups in total. The Morgan fingerprint density at radius 3 is 2.62 bits per heavy atom. The molecule has 2 rings (SSSR count). The number of methoxy groups -OCH3 is 1. The summed E-state index contributed by atoms with van der Waals surface area (Å²) < 4.78 is 5.12. The molecular formula is C18H24N4O2. The maximum atomic E-state index is 12.3. The molecule has 0 atom stereocenters. The first-order chi connectivity index (χ1) is 11.6. The van der Waals surface area contributed by atoms with E-state index < -0.39 is 0 Å². The SMILES string of the molecule is CCCCNc1cc(C(=O)NCc2ccc(OC)cc2)nc(C)n1. The average Bonchev–Trinajstić information content (AvgIpc) is 2.60. The molecule has 1 amide bonds. The number of unbranched alkanes of at least 4 members (excludes halogenated alkanes) is 1. The molecule has 1 heterocycles. The van der Waals surface area contributed by atoms with E-state index in [0.717, 1.165) is 30.7 Å². The normalized spacial score (nSPS) is 10.3. The van der Waals surface area contributed by atoms with Gasteiger partial charge < -0.3 is 15.4 Å². The van der Waals surface area contributed by atoms with Crippen LogP contribution in [0, 0.1) is 6.92 Å². The van der Waals surface area contributed by atoms with E-state index in [-0.39, 0.29) is 5.91 Å². The number of carbonyl (C=O) groups is 1. The Labute approximate surface area is 142 Å². The summed E-state index contributed by atoms with van der Waals surface area (Å²) in [5.41, 5.74) is 1.37. The Hall–Kier alpha value is -2.63. The van der Waals surface area contributed by atoms with Gasteiger partial charge in [0.1, 0.15) is 23.1 Å². The molecule has 0 fully saturated rings. The topological polar surface area (TPSA) is 76.1 Å². The monoisotopic (exact) mass is 328 g/mol. The minimum atomic E-state index is -0.213. The summed E-state index contributed by atoms with van der Waals surface area (Å²) in [4.78, 5) is 20.8. The van der Waals surface area contributed by atoms with Crippen molar-refractivity contribution >= 4 is 11.7 Å². The molecule has 0 bridgehead atoms. The maximum Gasteiger partial charge on any atom is 0.270 e. The highest BCUT2D eigenvalue weighted by molar-refractivity contribution is 5.92. The fourth-order valence-corrected chi connectivity index (χ4v) is 2.18. The lowest BCUT2D eigenvalue weighted by Crippen LogP contribution is -2.24. The number of hydrogen-bond acceptors (Lipinski definition) is 5. The molecule has 0 unspecified atom stereocenters. The molecule has 0 saturated heterocycles. The Balaban J connectivity index is 1.97. The van der Waals surface area contributed by atoms with E-state index in [0.29, 0.717) is 23.9 Å². The molecule has 0 aliphatic carbocycles. The van der Waals surface area contributed by atoms with Crippen LogP contribution in [0.3, 0.4) is 0 Å². The van der Waals surface area contributed by atoms with Gasteiger partial charge in [-0.2, -0.15) is 0 Å². The van der Waals surface area contributed by atoms with Crippen molar-refractivity contribution in [2.24, 2.45) is 0 Å². The number of aryl methyl sites for hydroxylation is 1. The zero-order valence-electron chi connectivity index (χ0n) is 14.4. The van der Waals surface area contributed by atoms with Crippen LogP contribution in [-0.4, -0.2) is 29.5 Å². The highest BCUT2D eigenvalue weighted by atomic mass is 16.5. The molecule has 0 aliphatic heterocycles. The van der Waals surface area contributed by atoms with Crippen molar-refractivity contribution in [3.8, 4) is 5.75 Å². The van der Waals surface area contributed by atoms with E-state index in [1.54, 1.807) is 20.1 Å². The van der Waals surface area contributed by atoms with Crippen LogP contribution in [0.1, 0.15) is 41.6 Å². The molecule has 6 nitrogen and oxygen atoms in total. The van der Waals surface area contributed by atoms with Crippen LogP contribution in [0.5, 0.6) is 5.75 Å². The molecule has 2 aromatic rings. The Kier molecular flexibility index (Phi) is 6.54. The highest BCUT2D eigenvalue weighted by Gasteiger charge is 2.10. The summed E-state index contributed by atoms with van der Waals surface area (Å²) in [7, 11) is 1.63. The zero-order chi connectivity index (χ0) is 17.4. The Bertz CT molecular complexity index is 671. The number of benzene rings is 1. The van der Waals surface area contributed by atoms with Crippen LogP contribution in [0.4, 0.5) is 5.82 Å². The lowest BCUT2D eigenvalue weighted by molar-refractivity contribution is 0.0945. The van der Waals surface area contributed by atoms with Crippen LogP contribution in [-0.2, 0) is 6.54 Å². The van der Waals surface area contributed by atoms with Crippen molar-refractivity contribution in [1.29, 1.82) is 0 Å². The van der Waals surface area contributed by atoms with Gasteiger partial charge in [-0.15, -0.1) is 0 Å². The minimum Gasteiger partial charge on any atom is -0.497 e. The predicted molar refractivity (Wildman–Crippen MR) is 94.3 cm³/mol. The van der Waals surface area contributed by atoms with Gasteiger partial charge in [-0.3, -0.25) is 4.79 Å². The van der Waals surface area contributed by atoms with Crippen molar-refractivity contribution in [3.05, 3.63) is 47.4 Å². The first-order valence-corrected chi connectivity index (χ1v) is 8.13. The number of aromatic nitrogens is 2. The highest BCUT2D eigenvalue weighted by Crippen LogP contribution is 2.11. The third-order valence-electron chi connectivity index (χ3n) is 3.52. The second-order valence-electron chi connectivity index (χ2n) is 5.50. The third kappa shape index (κ3) is 5.22. The van der Waals surface area contributed by atoms with E-state index in [2.05, 4.69) is 27.5 Å². The minimum absolute atomic E-state index is 0.213. The molecular weight excluding hydrogens is 304 g/mol. The van der Waals surface area contributed by atoms with Gasteiger partial charge in [-0.05, 0) is 31.0 Å². The average molecular weight is 328 g/mol. The fraction of sp³-hybridized carbons (Fsp3) is 0.389. The number of ether oxygens (including phenoxy) is 1. The summed E-state index contributed by atoms with van der Waals surface area (Å²) in [6.45, 7) is 5.18. The number of anilines is 1. The van der Waals surface area contributed by atoms with Gasteiger partial charge in [0, 0.05) is 19.2 Å². The van der Waals surface area contributed by atoms with E-state index in [1.807, 2.05) is 24.3 Å². The summed E-state index contributed by atoms with van der Waals surface area (Å²) in [6, 6.07) is 9.26. The van der Waals surface area contributed by atoms with Crippen molar-refractivity contribution in [1.82, 2.24) is 15.3 Å². The Morgan fingerprint density at radius 1 is 1.21 bits per heavy atom. The lowest BCUT2D eigenvalue weighted by Gasteiger charge is -2.09. The quantitative estimate of drug-likeness (QED) is 0.729. The number of hydrogen-bond donors (Lipinski definition) is 2. The first-order valence-electron chi connectivity index (χ1n) is 8.13. The van der Waals surface area contributed by atoms with Crippen molar-refractivity contribution in [3.63, 3.8) is 0 Å². The second-order valence-corrected chi connectivity index (χ2v) is 5.50. The van der Waals surface area contributed by atoms with E-state index in [1.165, 1.54) is 0 Å².